The smallest absolute Gasteiger partial charge is 0.253 e. The second-order valence-electron chi connectivity index (χ2n) is 7.21. The third kappa shape index (κ3) is 4.51. The van der Waals surface area contributed by atoms with E-state index in [0.29, 0.717) is 25.9 Å². The molecule has 3 rings (SSSR count). The van der Waals surface area contributed by atoms with E-state index in [1.165, 1.54) is 30.3 Å². The van der Waals surface area contributed by atoms with Crippen molar-refractivity contribution in [3.63, 3.8) is 0 Å². The molecule has 2 aromatic carbocycles. The zero-order valence-electron chi connectivity index (χ0n) is 15.2. The highest BCUT2D eigenvalue weighted by Crippen LogP contribution is 2.30. The molecular weight excluding hydrogens is 350 g/mol. The van der Waals surface area contributed by atoms with Crippen LogP contribution in [-0.2, 0) is 11.3 Å². The van der Waals surface area contributed by atoms with Crippen molar-refractivity contribution >= 4 is 11.8 Å². The van der Waals surface area contributed by atoms with E-state index in [2.05, 4.69) is 5.32 Å². The Labute approximate surface area is 157 Å². The number of hydrogen-bond donors (Lipinski definition) is 1. The zero-order chi connectivity index (χ0) is 19.4. The second kappa shape index (κ2) is 7.86. The van der Waals surface area contributed by atoms with Crippen LogP contribution in [0.5, 0.6) is 0 Å². The lowest BCUT2D eigenvalue weighted by Crippen LogP contribution is -2.51. The van der Waals surface area contributed by atoms with Gasteiger partial charge in [-0.3, -0.25) is 9.59 Å². The van der Waals surface area contributed by atoms with Crippen LogP contribution < -0.4 is 5.32 Å². The van der Waals surface area contributed by atoms with Crippen LogP contribution in [0.1, 0.15) is 35.7 Å². The lowest BCUT2D eigenvalue weighted by Gasteiger charge is -2.39. The van der Waals surface area contributed by atoms with E-state index in [9.17, 15) is 18.4 Å². The number of likely N-dealkylation sites (tertiary alicyclic amines) is 1. The minimum Gasteiger partial charge on any atom is -0.351 e. The van der Waals surface area contributed by atoms with E-state index in [4.69, 9.17) is 0 Å². The van der Waals surface area contributed by atoms with Gasteiger partial charge < -0.3 is 10.2 Å². The number of amides is 2. The lowest BCUT2D eigenvalue weighted by atomic mass is 9.80. The van der Waals surface area contributed by atoms with Crippen LogP contribution in [0.15, 0.2) is 48.5 Å². The fourth-order valence-electron chi connectivity index (χ4n) is 3.40. The predicted octanol–water partition coefficient (Wildman–Crippen LogP) is 3.52. The number of piperidine rings is 1. The monoisotopic (exact) mass is 372 g/mol. The number of carbonyl (C=O) groups excluding carboxylic acids is 2. The average Bonchev–Trinajstić information content (AvgIpc) is 2.66. The molecule has 6 heteroatoms. The highest BCUT2D eigenvalue weighted by molar-refractivity contribution is 5.95. The molecule has 1 atom stereocenters. The number of nitrogens with one attached hydrogen (secondary N) is 1. The Bertz CT molecular complexity index is 838. The lowest BCUT2D eigenvalue weighted by molar-refractivity contribution is -0.132. The maximum Gasteiger partial charge on any atom is 0.253 e. The molecule has 142 valence electrons. The third-order valence-electron chi connectivity index (χ3n) is 4.97. The van der Waals surface area contributed by atoms with Gasteiger partial charge >= 0.3 is 0 Å². The van der Waals surface area contributed by atoms with Gasteiger partial charge in [0.05, 0.1) is 5.41 Å². The number of rotatable bonds is 4. The summed E-state index contributed by atoms with van der Waals surface area (Å²) in [5.41, 5.74) is 0.365. The van der Waals surface area contributed by atoms with Crippen LogP contribution in [0.25, 0.3) is 0 Å². The minimum atomic E-state index is -0.721. The molecule has 0 unspecified atom stereocenters. The Balaban J connectivity index is 1.65. The molecule has 2 amide bonds. The highest BCUT2D eigenvalue weighted by atomic mass is 19.1. The number of hydrogen-bond acceptors (Lipinski definition) is 2. The second-order valence-corrected chi connectivity index (χ2v) is 7.21. The third-order valence-corrected chi connectivity index (χ3v) is 4.97. The van der Waals surface area contributed by atoms with Crippen molar-refractivity contribution in [2.24, 2.45) is 5.41 Å². The van der Waals surface area contributed by atoms with Gasteiger partial charge in [-0.15, -0.1) is 0 Å². The molecule has 0 saturated carbocycles. The van der Waals surface area contributed by atoms with Crippen molar-refractivity contribution < 1.29 is 18.4 Å². The molecule has 1 N–H and O–H groups in total. The molecule has 2 aromatic rings. The van der Waals surface area contributed by atoms with Gasteiger partial charge in [-0.1, -0.05) is 18.2 Å². The summed E-state index contributed by atoms with van der Waals surface area (Å²) < 4.78 is 26.4. The molecule has 0 spiro atoms. The fraction of sp³-hybridized carbons (Fsp3) is 0.333. The van der Waals surface area contributed by atoms with Crippen LogP contribution in [0, 0.1) is 17.0 Å². The first-order valence-electron chi connectivity index (χ1n) is 8.95. The van der Waals surface area contributed by atoms with Gasteiger partial charge in [-0.2, -0.15) is 0 Å². The summed E-state index contributed by atoms with van der Waals surface area (Å²) in [6, 6.07) is 11.5. The first-order valence-corrected chi connectivity index (χ1v) is 8.95. The van der Waals surface area contributed by atoms with Gasteiger partial charge in [0, 0.05) is 25.2 Å². The molecule has 0 aliphatic carbocycles. The van der Waals surface area contributed by atoms with E-state index in [1.807, 2.05) is 6.92 Å². The standard InChI is InChI=1S/C21H22F2N2O2/c1-21(20(27)24-13-15-6-8-17(22)9-7-15)10-3-11-25(14-21)19(26)16-4-2-5-18(23)12-16/h2,4-9,12H,3,10-11,13-14H2,1H3,(H,24,27)/t21-/m1/s1. The van der Waals surface area contributed by atoms with Crippen molar-refractivity contribution in [2.45, 2.75) is 26.3 Å². The largest absolute Gasteiger partial charge is 0.351 e. The van der Waals surface area contributed by atoms with Gasteiger partial charge in [-0.25, -0.2) is 8.78 Å². The van der Waals surface area contributed by atoms with Gasteiger partial charge in [0.2, 0.25) is 5.91 Å². The first kappa shape index (κ1) is 19.0. The van der Waals surface area contributed by atoms with Crippen LogP contribution >= 0.6 is 0 Å². The molecule has 1 heterocycles. The van der Waals surface area contributed by atoms with Crippen molar-refractivity contribution in [3.05, 3.63) is 71.3 Å². The molecule has 27 heavy (non-hydrogen) atoms. The Kier molecular flexibility index (Phi) is 5.54. The van der Waals surface area contributed by atoms with Crippen molar-refractivity contribution in [2.75, 3.05) is 13.1 Å². The Morgan fingerprint density at radius 1 is 1.11 bits per heavy atom. The number of benzene rings is 2. The van der Waals surface area contributed by atoms with Crippen LogP contribution in [0.4, 0.5) is 8.78 Å². The van der Waals surface area contributed by atoms with Crippen molar-refractivity contribution in [1.29, 1.82) is 0 Å². The first-order chi connectivity index (χ1) is 12.9. The van der Waals surface area contributed by atoms with Crippen LogP contribution in [0.2, 0.25) is 0 Å². The normalized spacial score (nSPS) is 19.6. The summed E-state index contributed by atoms with van der Waals surface area (Å²) in [5.74, 6) is -1.20. The van der Waals surface area contributed by atoms with Crippen LogP contribution in [-0.4, -0.2) is 29.8 Å². The molecule has 0 radical (unpaired) electrons. The van der Waals surface area contributed by atoms with E-state index < -0.39 is 11.2 Å². The van der Waals surface area contributed by atoms with Gasteiger partial charge in [-0.05, 0) is 55.7 Å². The van der Waals surface area contributed by atoms with E-state index in [1.54, 1.807) is 23.1 Å². The molecular formula is C21H22F2N2O2. The topological polar surface area (TPSA) is 49.4 Å². The Hall–Kier alpha value is -2.76. The summed E-state index contributed by atoms with van der Waals surface area (Å²) in [6.45, 7) is 2.94. The average molecular weight is 372 g/mol. The molecule has 1 aliphatic heterocycles. The number of halogens is 2. The van der Waals surface area contributed by atoms with Crippen molar-refractivity contribution in [3.8, 4) is 0 Å². The summed E-state index contributed by atoms with van der Waals surface area (Å²) >= 11 is 0. The van der Waals surface area contributed by atoms with Crippen LogP contribution in [0.3, 0.4) is 0 Å². The number of carbonyl (C=O) groups is 2. The van der Waals surface area contributed by atoms with Gasteiger partial charge in [0.15, 0.2) is 0 Å². The number of nitrogens with zero attached hydrogens (tertiary/aromatic N) is 1. The fourth-order valence-corrected chi connectivity index (χ4v) is 3.40. The summed E-state index contributed by atoms with van der Waals surface area (Å²) in [4.78, 5) is 27.0. The molecule has 1 fully saturated rings. The summed E-state index contributed by atoms with van der Waals surface area (Å²) in [7, 11) is 0. The Morgan fingerprint density at radius 3 is 2.56 bits per heavy atom. The maximum atomic E-state index is 13.4. The molecule has 0 aromatic heterocycles. The van der Waals surface area contributed by atoms with E-state index in [0.717, 1.165) is 5.56 Å². The quantitative estimate of drug-likeness (QED) is 0.893. The molecule has 1 aliphatic rings. The summed E-state index contributed by atoms with van der Waals surface area (Å²) in [6.07, 6.45) is 1.36. The maximum absolute atomic E-state index is 13.4. The molecule has 4 nitrogen and oxygen atoms in total. The summed E-state index contributed by atoms with van der Waals surface area (Å²) in [5, 5.41) is 2.88. The highest BCUT2D eigenvalue weighted by Gasteiger charge is 2.39. The van der Waals surface area contributed by atoms with Crippen molar-refractivity contribution in [1.82, 2.24) is 10.2 Å². The Morgan fingerprint density at radius 2 is 1.85 bits per heavy atom. The predicted molar refractivity (Wildman–Crippen MR) is 97.9 cm³/mol. The van der Waals surface area contributed by atoms with Gasteiger partial charge in [0.1, 0.15) is 11.6 Å². The van der Waals surface area contributed by atoms with E-state index in [-0.39, 0.29) is 29.7 Å². The molecule has 0 bridgehead atoms. The van der Waals surface area contributed by atoms with E-state index >= 15 is 0 Å². The van der Waals surface area contributed by atoms with Gasteiger partial charge in [0.25, 0.3) is 5.91 Å². The SMILES string of the molecule is C[C@@]1(C(=O)NCc2ccc(F)cc2)CCCN(C(=O)c2cccc(F)c2)C1. The molecule has 1 saturated heterocycles. The minimum absolute atomic E-state index is 0.149. The zero-order valence-corrected chi connectivity index (χ0v) is 15.2.